The lowest BCUT2D eigenvalue weighted by Gasteiger charge is -2.21. The van der Waals surface area contributed by atoms with Gasteiger partial charge in [-0.3, -0.25) is 14.9 Å². The summed E-state index contributed by atoms with van der Waals surface area (Å²) in [6.45, 7) is 4.76. The molecular weight excluding hydrogens is 534 g/mol. The number of aldehydes is 1. The lowest BCUT2D eigenvalue weighted by molar-refractivity contribution is -0.385. The molecule has 0 unspecified atom stereocenters. The molecule has 0 radical (unpaired) electrons. The van der Waals surface area contributed by atoms with E-state index in [0.717, 1.165) is 16.7 Å². The van der Waals surface area contributed by atoms with E-state index >= 15 is 0 Å². The van der Waals surface area contributed by atoms with Crippen molar-refractivity contribution in [3.8, 4) is 23.0 Å². The van der Waals surface area contributed by atoms with Crippen LogP contribution in [0, 0.1) is 10.1 Å². The van der Waals surface area contributed by atoms with Crippen LogP contribution in [0.3, 0.4) is 0 Å². The number of benzene rings is 4. The Morgan fingerprint density at radius 3 is 2.33 bits per heavy atom. The molecule has 0 heterocycles. The van der Waals surface area contributed by atoms with E-state index in [-0.39, 0.29) is 17.9 Å². The van der Waals surface area contributed by atoms with Crippen LogP contribution in [0.25, 0.3) is 0 Å². The SMILES string of the molecule is CCOc1cc(COc2ccc([N+](=O)[O-])c(C=O)c2)ccc1O[C@H](C)c1cc(Cl)ccc1OCc1ccccc1. The van der Waals surface area contributed by atoms with Crippen LogP contribution in [0.1, 0.15) is 47.0 Å². The Kier molecular flexibility index (Phi) is 9.59. The highest BCUT2D eigenvalue weighted by Crippen LogP contribution is 2.36. The first-order valence-corrected chi connectivity index (χ1v) is 13.0. The van der Waals surface area contributed by atoms with Gasteiger partial charge in [-0.2, -0.15) is 0 Å². The first-order valence-electron chi connectivity index (χ1n) is 12.6. The molecule has 4 aromatic carbocycles. The Hall–Kier alpha value is -4.56. The Labute approximate surface area is 237 Å². The van der Waals surface area contributed by atoms with Crippen molar-refractivity contribution < 1.29 is 28.7 Å². The number of nitro groups is 1. The van der Waals surface area contributed by atoms with Gasteiger partial charge in [-0.15, -0.1) is 0 Å². The highest BCUT2D eigenvalue weighted by atomic mass is 35.5. The second kappa shape index (κ2) is 13.5. The lowest BCUT2D eigenvalue weighted by Crippen LogP contribution is -2.08. The summed E-state index contributed by atoms with van der Waals surface area (Å²) in [5.74, 6) is 2.07. The maximum atomic E-state index is 11.2. The summed E-state index contributed by atoms with van der Waals surface area (Å²) in [7, 11) is 0. The van der Waals surface area contributed by atoms with Crippen molar-refractivity contribution in [2.24, 2.45) is 0 Å². The standard InChI is InChI=1S/C31H28ClNO7/c1-3-37-31-15-23(20-38-26-11-12-28(33(35)36)24(16-26)18-34)9-13-30(31)40-21(2)27-17-25(32)10-14-29(27)39-19-22-7-5-4-6-8-22/h4-18,21H,3,19-20H2,1-2H3/t21-/m1/s1. The van der Waals surface area contributed by atoms with Gasteiger partial charge >= 0.3 is 0 Å². The highest BCUT2D eigenvalue weighted by molar-refractivity contribution is 6.30. The van der Waals surface area contributed by atoms with Crippen LogP contribution in [0.4, 0.5) is 5.69 Å². The number of carbonyl (C=O) groups is 1. The molecular formula is C31H28ClNO7. The van der Waals surface area contributed by atoms with Crippen molar-refractivity contribution in [1.29, 1.82) is 0 Å². The Morgan fingerprint density at radius 2 is 1.60 bits per heavy atom. The number of hydrogen-bond donors (Lipinski definition) is 0. The summed E-state index contributed by atoms with van der Waals surface area (Å²) >= 11 is 6.31. The molecule has 0 N–H and O–H groups in total. The van der Waals surface area contributed by atoms with Crippen LogP contribution in [-0.2, 0) is 13.2 Å². The third-order valence-electron chi connectivity index (χ3n) is 5.99. The molecule has 0 fully saturated rings. The summed E-state index contributed by atoms with van der Waals surface area (Å²) in [4.78, 5) is 21.7. The number of nitro benzene ring substituents is 1. The van der Waals surface area contributed by atoms with E-state index in [1.807, 2.05) is 68.4 Å². The van der Waals surface area contributed by atoms with Gasteiger partial charge in [0, 0.05) is 16.7 Å². The molecule has 0 aromatic heterocycles. The van der Waals surface area contributed by atoms with E-state index in [4.69, 9.17) is 30.5 Å². The van der Waals surface area contributed by atoms with Crippen molar-refractivity contribution >= 4 is 23.6 Å². The first kappa shape index (κ1) is 28.4. The fraction of sp³-hybridized carbons (Fsp3) is 0.194. The number of carbonyl (C=O) groups excluding carboxylic acids is 1. The van der Waals surface area contributed by atoms with E-state index in [1.54, 1.807) is 12.1 Å². The van der Waals surface area contributed by atoms with E-state index in [9.17, 15) is 14.9 Å². The van der Waals surface area contributed by atoms with Gasteiger partial charge in [0.25, 0.3) is 5.69 Å². The average molecular weight is 562 g/mol. The number of rotatable bonds is 13. The Morgan fingerprint density at radius 1 is 0.850 bits per heavy atom. The molecule has 4 aromatic rings. The van der Waals surface area contributed by atoms with Crippen LogP contribution < -0.4 is 18.9 Å². The molecule has 1 atom stereocenters. The second-order valence-electron chi connectivity index (χ2n) is 8.81. The predicted molar refractivity (Wildman–Crippen MR) is 152 cm³/mol. The number of ether oxygens (including phenoxy) is 4. The summed E-state index contributed by atoms with van der Waals surface area (Å²) in [6.07, 6.45) is 0.0245. The zero-order chi connectivity index (χ0) is 28.5. The van der Waals surface area contributed by atoms with Crippen LogP contribution in [-0.4, -0.2) is 17.8 Å². The largest absolute Gasteiger partial charge is 0.490 e. The summed E-state index contributed by atoms with van der Waals surface area (Å²) in [5.41, 5.74) is 2.30. The fourth-order valence-electron chi connectivity index (χ4n) is 4.02. The van der Waals surface area contributed by atoms with E-state index in [1.165, 1.54) is 18.2 Å². The molecule has 0 spiro atoms. The van der Waals surface area contributed by atoms with Crippen molar-refractivity contribution in [3.63, 3.8) is 0 Å². The second-order valence-corrected chi connectivity index (χ2v) is 9.25. The van der Waals surface area contributed by atoms with Crippen LogP contribution in [0.5, 0.6) is 23.0 Å². The molecule has 0 saturated heterocycles. The molecule has 0 aliphatic carbocycles. The summed E-state index contributed by atoms with van der Waals surface area (Å²) in [6, 6.07) is 24.8. The molecule has 9 heteroatoms. The smallest absolute Gasteiger partial charge is 0.280 e. The number of nitrogens with zero attached hydrogens (tertiary/aromatic N) is 1. The minimum Gasteiger partial charge on any atom is -0.490 e. The molecule has 0 amide bonds. The molecule has 8 nitrogen and oxygen atoms in total. The molecule has 0 aliphatic heterocycles. The van der Waals surface area contributed by atoms with Crippen LogP contribution in [0.15, 0.2) is 84.9 Å². The maximum absolute atomic E-state index is 11.2. The molecule has 0 aliphatic rings. The van der Waals surface area contributed by atoms with Gasteiger partial charge < -0.3 is 18.9 Å². The summed E-state index contributed by atoms with van der Waals surface area (Å²) in [5, 5.41) is 11.6. The fourth-order valence-corrected chi connectivity index (χ4v) is 4.20. The lowest BCUT2D eigenvalue weighted by atomic mass is 10.1. The van der Waals surface area contributed by atoms with E-state index in [0.29, 0.717) is 47.5 Å². The molecule has 0 saturated carbocycles. The maximum Gasteiger partial charge on any atom is 0.280 e. The highest BCUT2D eigenvalue weighted by Gasteiger charge is 2.18. The van der Waals surface area contributed by atoms with Gasteiger partial charge in [-0.05, 0) is 67.4 Å². The Bertz CT molecular complexity index is 1480. The van der Waals surface area contributed by atoms with Gasteiger partial charge in [-0.1, -0.05) is 48.0 Å². The topological polar surface area (TPSA) is 97.1 Å². The zero-order valence-electron chi connectivity index (χ0n) is 22.0. The molecule has 4 rings (SSSR count). The van der Waals surface area contributed by atoms with Gasteiger partial charge in [0.1, 0.15) is 30.8 Å². The number of halogens is 1. The van der Waals surface area contributed by atoms with Gasteiger partial charge in [-0.25, -0.2) is 0 Å². The third kappa shape index (κ3) is 7.30. The van der Waals surface area contributed by atoms with Crippen molar-refractivity contribution in [1.82, 2.24) is 0 Å². The van der Waals surface area contributed by atoms with Crippen molar-refractivity contribution in [2.75, 3.05) is 6.61 Å². The molecule has 206 valence electrons. The van der Waals surface area contributed by atoms with E-state index < -0.39 is 11.0 Å². The van der Waals surface area contributed by atoms with Crippen molar-refractivity contribution in [3.05, 3.63) is 122 Å². The number of hydrogen-bond acceptors (Lipinski definition) is 7. The van der Waals surface area contributed by atoms with E-state index in [2.05, 4.69) is 0 Å². The minimum absolute atomic E-state index is 0.0524. The predicted octanol–water partition coefficient (Wildman–Crippen LogP) is 7.76. The molecule has 0 bridgehead atoms. The van der Waals surface area contributed by atoms with Gasteiger partial charge in [0.15, 0.2) is 17.8 Å². The van der Waals surface area contributed by atoms with Gasteiger partial charge in [0.05, 0.1) is 17.1 Å². The molecule has 40 heavy (non-hydrogen) atoms. The normalized spacial score (nSPS) is 11.4. The minimum atomic E-state index is -0.608. The average Bonchev–Trinajstić information content (AvgIpc) is 2.96. The van der Waals surface area contributed by atoms with Crippen LogP contribution in [0.2, 0.25) is 5.02 Å². The van der Waals surface area contributed by atoms with Gasteiger partial charge in [0.2, 0.25) is 0 Å². The zero-order valence-corrected chi connectivity index (χ0v) is 22.8. The third-order valence-corrected chi connectivity index (χ3v) is 6.22. The first-order chi connectivity index (χ1) is 19.4. The quantitative estimate of drug-likeness (QED) is 0.0934. The Balaban J connectivity index is 1.49. The van der Waals surface area contributed by atoms with Crippen LogP contribution >= 0.6 is 11.6 Å². The summed E-state index contributed by atoms with van der Waals surface area (Å²) < 4.78 is 24.0. The van der Waals surface area contributed by atoms with Crippen molar-refractivity contribution in [2.45, 2.75) is 33.2 Å². The monoisotopic (exact) mass is 561 g/mol.